The molecule has 0 unspecified atom stereocenters. The molecule has 0 atom stereocenters. The predicted octanol–water partition coefficient (Wildman–Crippen LogP) is 2.87. The quantitative estimate of drug-likeness (QED) is 0.794. The lowest BCUT2D eigenvalue weighted by Crippen LogP contribution is -2.27. The van der Waals surface area contributed by atoms with Gasteiger partial charge in [0.05, 0.1) is 5.69 Å². The molecule has 2 heterocycles. The lowest BCUT2D eigenvalue weighted by Gasteiger charge is -2.19. The van der Waals surface area contributed by atoms with Crippen LogP contribution in [0.3, 0.4) is 0 Å². The number of aromatic nitrogens is 2. The summed E-state index contributed by atoms with van der Waals surface area (Å²) in [6.07, 6.45) is 2.25. The van der Waals surface area contributed by atoms with Crippen molar-refractivity contribution in [1.29, 1.82) is 0 Å². The highest BCUT2D eigenvalue weighted by atomic mass is 79.9. The average molecular weight is 293 g/mol. The fraction of sp³-hybridized carbons (Fsp3) is 0.308. The molecule has 0 N–H and O–H groups in total. The third-order valence-corrected chi connectivity index (χ3v) is 3.74. The minimum Gasteiger partial charge on any atom is -0.282 e. The van der Waals surface area contributed by atoms with Crippen molar-refractivity contribution in [3.63, 3.8) is 0 Å². The Labute approximate surface area is 108 Å². The van der Waals surface area contributed by atoms with E-state index in [0.717, 1.165) is 41.7 Å². The molecule has 0 radical (unpaired) electrons. The van der Waals surface area contributed by atoms with Gasteiger partial charge in [0.1, 0.15) is 0 Å². The van der Waals surface area contributed by atoms with Crippen LogP contribution in [0, 0.1) is 0 Å². The molecule has 17 heavy (non-hydrogen) atoms. The van der Waals surface area contributed by atoms with Crippen LogP contribution in [0.4, 0.5) is 0 Å². The minimum atomic E-state index is 0.114. The van der Waals surface area contributed by atoms with Gasteiger partial charge in [0.15, 0.2) is 0 Å². The Balaban J connectivity index is 2.15. The van der Waals surface area contributed by atoms with E-state index < -0.39 is 0 Å². The molecule has 0 amide bonds. The Morgan fingerprint density at radius 1 is 1.00 bits per heavy atom. The molecule has 1 aliphatic rings. The first kappa shape index (κ1) is 10.8. The fourth-order valence-electron chi connectivity index (χ4n) is 2.36. The van der Waals surface area contributed by atoms with Gasteiger partial charge in [-0.2, -0.15) is 0 Å². The summed E-state index contributed by atoms with van der Waals surface area (Å²) >= 11 is 3.42. The monoisotopic (exact) mass is 292 g/mol. The summed E-state index contributed by atoms with van der Waals surface area (Å²) in [5.74, 6) is 0. The first-order valence-electron chi connectivity index (χ1n) is 5.82. The van der Waals surface area contributed by atoms with E-state index in [2.05, 4.69) is 20.6 Å². The zero-order valence-electron chi connectivity index (χ0n) is 9.40. The van der Waals surface area contributed by atoms with Crippen molar-refractivity contribution in [1.82, 2.24) is 9.36 Å². The lowest BCUT2D eigenvalue weighted by molar-refractivity contribution is 0.359. The van der Waals surface area contributed by atoms with Crippen LogP contribution < -0.4 is 5.56 Å². The number of hydrogen-bond donors (Lipinski definition) is 0. The molecule has 1 aliphatic heterocycles. The fourth-order valence-corrected chi connectivity index (χ4v) is 2.63. The molecule has 3 nitrogen and oxygen atoms in total. The molecule has 1 aromatic heterocycles. The molecule has 0 saturated heterocycles. The molecule has 0 aliphatic carbocycles. The first-order valence-corrected chi connectivity index (χ1v) is 6.61. The van der Waals surface area contributed by atoms with Crippen molar-refractivity contribution in [2.45, 2.75) is 25.9 Å². The Morgan fingerprint density at radius 2 is 1.65 bits per heavy atom. The van der Waals surface area contributed by atoms with Gasteiger partial charge in [0, 0.05) is 23.6 Å². The number of hydrogen-bond acceptors (Lipinski definition) is 1. The SMILES string of the molecule is O=c1cc(-c2ccc(Br)cc2)n2n1CCCC2. The molecule has 0 spiro atoms. The predicted molar refractivity (Wildman–Crippen MR) is 71.1 cm³/mol. The van der Waals surface area contributed by atoms with E-state index >= 15 is 0 Å². The molecule has 2 aromatic rings. The van der Waals surface area contributed by atoms with E-state index in [-0.39, 0.29) is 5.56 Å². The van der Waals surface area contributed by atoms with Gasteiger partial charge >= 0.3 is 0 Å². The molecule has 0 fully saturated rings. The van der Waals surface area contributed by atoms with Gasteiger partial charge in [0.25, 0.3) is 5.56 Å². The summed E-state index contributed by atoms with van der Waals surface area (Å²) in [4.78, 5) is 11.9. The van der Waals surface area contributed by atoms with Crippen LogP contribution in [0.15, 0.2) is 39.6 Å². The largest absolute Gasteiger partial charge is 0.282 e. The summed E-state index contributed by atoms with van der Waals surface area (Å²) in [6.45, 7) is 1.78. The number of benzene rings is 1. The van der Waals surface area contributed by atoms with Gasteiger partial charge < -0.3 is 0 Å². The van der Waals surface area contributed by atoms with E-state index in [1.807, 2.05) is 28.9 Å². The third-order valence-electron chi connectivity index (χ3n) is 3.21. The first-order chi connectivity index (χ1) is 8.25. The van der Waals surface area contributed by atoms with E-state index in [0.29, 0.717) is 0 Å². The molecule has 1 aromatic carbocycles. The van der Waals surface area contributed by atoms with E-state index in [9.17, 15) is 4.79 Å². The van der Waals surface area contributed by atoms with E-state index in [1.54, 1.807) is 6.07 Å². The summed E-state index contributed by atoms with van der Waals surface area (Å²) in [7, 11) is 0. The van der Waals surface area contributed by atoms with Crippen molar-refractivity contribution in [3.8, 4) is 11.3 Å². The van der Waals surface area contributed by atoms with Gasteiger partial charge in [-0.05, 0) is 30.5 Å². The van der Waals surface area contributed by atoms with E-state index in [1.165, 1.54) is 0 Å². The van der Waals surface area contributed by atoms with Crippen LogP contribution in [0.2, 0.25) is 0 Å². The van der Waals surface area contributed by atoms with Crippen molar-refractivity contribution in [2.75, 3.05) is 0 Å². The highest BCUT2D eigenvalue weighted by molar-refractivity contribution is 9.10. The zero-order chi connectivity index (χ0) is 11.8. The van der Waals surface area contributed by atoms with Crippen molar-refractivity contribution >= 4 is 15.9 Å². The molecule has 0 saturated carbocycles. The number of nitrogens with zero attached hydrogens (tertiary/aromatic N) is 2. The van der Waals surface area contributed by atoms with Crippen LogP contribution in [-0.2, 0) is 13.1 Å². The molecular weight excluding hydrogens is 280 g/mol. The smallest absolute Gasteiger partial charge is 0.267 e. The second kappa shape index (κ2) is 4.18. The van der Waals surface area contributed by atoms with Crippen LogP contribution in [0.25, 0.3) is 11.3 Å². The van der Waals surface area contributed by atoms with Gasteiger partial charge in [0.2, 0.25) is 0 Å². The maximum atomic E-state index is 11.9. The Morgan fingerprint density at radius 3 is 2.35 bits per heavy atom. The van der Waals surface area contributed by atoms with Crippen LogP contribution in [0.1, 0.15) is 12.8 Å². The second-order valence-corrected chi connectivity index (χ2v) is 5.24. The van der Waals surface area contributed by atoms with Crippen LogP contribution in [0.5, 0.6) is 0 Å². The lowest BCUT2D eigenvalue weighted by atomic mass is 10.1. The highest BCUT2D eigenvalue weighted by Gasteiger charge is 2.15. The third kappa shape index (κ3) is 1.86. The van der Waals surface area contributed by atoms with Crippen LogP contribution in [-0.4, -0.2) is 9.36 Å². The van der Waals surface area contributed by atoms with E-state index in [4.69, 9.17) is 0 Å². The number of rotatable bonds is 1. The maximum absolute atomic E-state index is 11.9. The molecule has 88 valence electrons. The molecule has 4 heteroatoms. The summed E-state index contributed by atoms with van der Waals surface area (Å²) < 4.78 is 5.01. The number of halogens is 1. The van der Waals surface area contributed by atoms with Gasteiger partial charge in [-0.25, -0.2) is 0 Å². The standard InChI is InChI=1S/C13H13BrN2O/c14-11-5-3-10(4-6-11)12-9-13(17)16-8-2-1-7-15(12)16/h3-6,9H,1-2,7-8H2. The van der Waals surface area contributed by atoms with Gasteiger partial charge in [-0.3, -0.25) is 14.2 Å². The number of fused-ring (bicyclic) bond motifs is 1. The Kier molecular flexibility index (Phi) is 2.67. The molecular formula is C13H13BrN2O. The normalized spacial score (nSPS) is 14.6. The Hall–Kier alpha value is -1.29. The van der Waals surface area contributed by atoms with Crippen molar-refractivity contribution < 1.29 is 0 Å². The summed E-state index contributed by atoms with van der Waals surface area (Å²) in [6, 6.07) is 9.84. The highest BCUT2D eigenvalue weighted by Crippen LogP contribution is 2.23. The zero-order valence-corrected chi connectivity index (χ0v) is 11.0. The van der Waals surface area contributed by atoms with Crippen molar-refractivity contribution in [3.05, 3.63) is 45.2 Å². The Bertz CT molecular complexity index is 595. The summed E-state index contributed by atoms with van der Waals surface area (Å²) in [5, 5.41) is 0. The van der Waals surface area contributed by atoms with Crippen molar-refractivity contribution in [2.24, 2.45) is 0 Å². The summed E-state index contributed by atoms with van der Waals surface area (Å²) in [5.41, 5.74) is 2.25. The molecule has 0 bridgehead atoms. The second-order valence-electron chi connectivity index (χ2n) is 4.33. The topological polar surface area (TPSA) is 26.9 Å². The maximum Gasteiger partial charge on any atom is 0.267 e. The molecule has 3 rings (SSSR count). The van der Waals surface area contributed by atoms with Gasteiger partial charge in [-0.15, -0.1) is 0 Å². The average Bonchev–Trinajstić information content (AvgIpc) is 2.69. The van der Waals surface area contributed by atoms with Crippen LogP contribution >= 0.6 is 15.9 Å². The van der Waals surface area contributed by atoms with Gasteiger partial charge in [-0.1, -0.05) is 28.1 Å². The minimum absolute atomic E-state index is 0.114.